The third-order valence-electron chi connectivity index (χ3n) is 4.93. The van der Waals surface area contributed by atoms with Gasteiger partial charge in [0.25, 0.3) is 0 Å². The number of nitrogens with one attached hydrogen (secondary N) is 1. The van der Waals surface area contributed by atoms with Gasteiger partial charge in [-0.25, -0.2) is 9.78 Å². The highest BCUT2D eigenvalue weighted by molar-refractivity contribution is 6.18. The molecule has 29 heavy (non-hydrogen) atoms. The van der Waals surface area contributed by atoms with Gasteiger partial charge in [-0.05, 0) is 50.5 Å². The first kappa shape index (κ1) is 20.3. The Morgan fingerprint density at radius 3 is 2.55 bits per heavy atom. The van der Waals surface area contributed by atoms with Crippen LogP contribution >= 0.6 is 0 Å². The molecule has 1 amide bonds. The number of carbonyl (C=O) groups excluding carboxylic acids is 1. The van der Waals surface area contributed by atoms with E-state index in [9.17, 15) is 9.59 Å². The predicted octanol–water partition coefficient (Wildman–Crippen LogP) is 4.81. The number of pyridine rings is 1. The van der Waals surface area contributed by atoms with Crippen molar-refractivity contribution in [2.24, 2.45) is 0 Å². The minimum absolute atomic E-state index is 0.0877. The highest BCUT2D eigenvalue weighted by Gasteiger charge is 2.19. The molecule has 3 rings (SSSR count). The minimum Gasteiger partial charge on any atom is -0.478 e. The van der Waals surface area contributed by atoms with Gasteiger partial charge in [-0.3, -0.25) is 4.79 Å². The summed E-state index contributed by atoms with van der Waals surface area (Å²) in [5, 5.41) is 13.0. The normalized spacial score (nSPS) is 11.9. The molecule has 6 heteroatoms. The van der Waals surface area contributed by atoms with E-state index in [1.54, 1.807) is 25.3 Å². The van der Waals surface area contributed by atoms with Crippen LogP contribution in [0.25, 0.3) is 10.8 Å². The quantitative estimate of drug-likeness (QED) is 0.588. The van der Waals surface area contributed by atoms with Gasteiger partial charge in [0.2, 0.25) is 5.88 Å². The molecule has 0 aliphatic carbocycles. The number of ether oxygens (including phenoxy) is 1. The average Bonchev–Trinajstić information content (AvgIpc) is 2.68. The number of rotatable bonds is 6. The summed E-state index contributed by atoms with van der Waals surface area (Å²) < 4.78 is 5.63. The topological polar surface area (TPSA) is 88.5 Å². The van der Waals surface area contributed by atoms with Crippen LogP contribution in [0, 0.1) is 13.8 Å². The standard InChI is InChI=1S/C23H24N2O4/c1-5-29-22-19-8-6-7-18(20(19)14(3)12-24-22)21(26)17-10-9-16(11-13(17)2)15(4)25-23(27)28/h6-12,15,25H,5H2,1-4H3,(H,27,28)/t15-/m1/s1. The van der Waals surface area contributed by atoms with Crippen LogP contribution in [0.5, 0.6) is 5.88 Å². The second kappa shape index (κ2) is 8.31. The van der Waals surface area contributed by atoms with Crippen molar-refractivity contribution in [3.8, 4) is 5.88 Å². The van der Waals surface area contributed by atoms with E-state index in [1.807, 2.05) is 45.0 Å². The van der Waals surface area contributed by atoms with Crippen molar-refractivity contribution in [2.75, 3.05) is 6.61 Å². The molecule has 6 nitrogen and oxygen atoms in total. The number of aryl methyl sites for hydroxylation is 2. The molecule has 0 saturated heterocycles. The SMILES string of the molecule is CCOc1ncc(C)c2c(C(=O)c3ccc([C@@H](C)NC(=O)O)cc3C)cccc12. The van der Waals surface area contributed by atoms with E-state index < -0.39 is 6.09 Å². The number of fused-ring (bicyclic) bond motifs is 1. The van der Waals surface area contributed by atoms with Gasteiger partial charge in [0.15, 0.2) is 5.78 Å². The van der Waals surface area contributed by atoms with Gasteiger partial charge in [-0.15, -0.1) is 0 Å². The van der Waals surface area contributed by atoms with Crippen LogP contribution in [0.15, 0.2) is 42.6 Å². The van der Waals surface area contributed by atoms with Gasteiger partial charge < -0.3 is 15.2 Å². The second-order valence-corrected chi connectivity index (χ2v) is 6.98. The number of carbonyl (C=O) groups is 2. The lowest BCUT2D eigenvalue weighted by Crippen LogP contribution is -2.24. The Hall–Kier alpha value is -3.41. The molecular weight excluding hydrogens is 368 g/mol. The largest absolute Gasteiger partial charge is 0.478 e. The molecule has 1 heterocycles. The summed E-state index contributed by atoms with van der Waals surface area (Å²) in [6, 6.07) is 10.6. The number of carboxylic acid groups (broad SMARTS) is 1. The molecule has 0 spiro atoms. The molecule has 1 atom stereocenters. The molecule has 0 bridgehead atoms. The van der Waals surface area contributed by atoms with Crippen molar-refractivity contribution in [3.63, 3.8) is 0 Å². The summed E-state index contributed by atoms with van der Waals surface area (Å²) in [5.41, 5.74) is 3.67. The number of benzene rings is 2. The fourth-order valence-electron chi connectivity index (χ4n) is 3.51. The summed E-state index contributed by atoms with van der Waals surface area (Å²) in [6.07, 6.45) is 0.638. The number of hydrogen-bond donors (Lipinski definition) is 2. The lowest BCUT2D eigenvalue weighted by atomic mass is 9.92. The molecule has 0 radical (unpaired) electrons. The van der Waals surface area contributed by atoms with Gasteiger partial charge in [-0.1, -0.05) is 30.3 Å². The zero-order valence-corrected chi connectivity index (χ0v) is 16.9. The summed E-state index contributed by atoms with van der Waals surface area (Å²) in [6.45, 7) is 7.94. The van der Waals surface area contributed by atoms with Crippen LogP contribution in [0.2, 0.25) is 0 Å². The number of amides is 1. The number of nitrogens with zero attached hydrogens (tertiary/aromatic N) is 1. The minimum atomic E-state index is -1.08. The maximum Gasteiger partial charge on any atom is 0.405 e. The zero-order chi connectivity index (χ0) is 21.1. The van der Waals surface area contributed by atoms with Gasteiger partial charge in [-0.2, -0.15) is 0 Å². The van der Waals surface area contributed by atoms with Gasteiger partial charge in [0, 0.05) is 28.1 Å². The third kappa shape index (κ3) is 4.06. The van der Waals surface area contributed by atoms with Gasteiger partial charge in [0.1, 0.15) is 0 Å². The van der Waals surface area contributed by atoms with E-state index in [0.29, 0.717) is 23.6 Å². The molecule has 0 unspecified atom stereocenters. The number of hydrogen-bond acceptors (Lipinski definition) is 4. The van der Waals surface area contributed by atoms with Crippen molar-refractivity contribution in [3.05, 3.63) is 70.4 Å². The monoisotopic (exact) mass is 392 g/mol. The van der Waals surface area contributed by atoms with Crippen LogP contribution in [-0.4, -0.2) is 28.6 Å². The molecule has 0 aliphatic rings. The van der Waals surface area contributed by atoms with E-state index in [2.05, 4.69) is 10.3 Å². The van der Waals surface area contributed by atoms with Crippen LogP contribution < -0.4 is 10.1 Å². The summed E-state index contributed by atoms with van der Waals surface area (Å²) in [5.74, 6) is 0.429. The Bertz CT molecular complexity index is 1090. The summed E-state index contributed by atoms with van der Waals surface area (Å²) in [7, 11) is 0. The van der Waals surface area contributed by atoms with Crippen molar-refractivity contribution in [1.82, 2.24) is 10.3 Å². The summed E-state index contributed by atoms with van der Waals surface area (Å²) >= 11 is 0. The lowest BCUT2D eigenvalue weighted by molar-refractivity contribution is 0.103. The van der Waals surface area contributed by atoms with Gasteiger partial charge >= 0.3 is 6.09 Å². The summed E-state index contributed by atoms with van der Waals surface area (Å²) in [4.78, 5) is 28.6. The first-order chi connectivity index (χ1) is 13.8. The smallest absolute Gasteiger partial charge is 0.405 e. The molecular formula is C23H24N2O4. The van der Waals surface area contributed by atoms with E-state index in [0.717, 1.165) is 27.5 Å². The highest BCUT2D eigenvalue weighted by atomic mass is 16.5. The fourth-order valence-corrected chi connectivity index (χ4v) is 3.51. The van der Waals surface area contributed by atoms with Crippen molar-refractivity contribution >= 4 is 22.6 Å². The fraction of sp³-hybridized carbons (Fsp3) is 0.261. The Morgan fingerprint density at radius 1 is 1.14 bits per heavy atom. The molecule has 2 N–H and O–H groups in total. The first-order valence-electron chi connectivity index (χ1n) is 9.49. The molecule has 0 fully saturated rings. The Balaban J connectivity index is 2.06. The molecule has 2 aromatic carbocycles. The average molecular weight is 392 g/mol. The Labute approximate surface area is 169 Å². The molecule has 0 saturated carbocycles. The molecule has 1 aromatic heterocycles. The first-order valence-corrected chi connectivity index (χ1v) is 9.49. The second-order valence-electron chi connectivity index (χ2n) is 6.98. The van der Waals surface area contributed by atoms with Crippen LogP contribution in [0.4, 0.5) is 4.79 Å². The van der Waals surface area contributed by atoms with E-state index >= 15 is 0 Å². The number of aromatic nitrogens is 1. The van der Waals surface area contributed by atoms with E-state index in [4.69, 9.17) is 9.84 Å². The molecule has 150 valence electrons. The molecule has 0 aliphatic heterocycles. The van der Waals surface area contributed by atoms with Crippen LogP contribution in [-0.2, 0) is 0 Å². The Kier molecular flexibility index (Phi) is 5.82. The van der Waals surface area contributed by atoms with Gasteiger partial charge in [0.05, 0.1) is 12.6 Å². The zero-order valence-electron chi connectivity index (χ0n) is 16.9. The Morgan fingerprint density at radius 2 is 1.90 bits per heavy atom. The predicted molar refractivity (Wildman–Crippen MR) is 112 cm³/mol. The van der Waals surface area contributed by atoms with Crippen molar-refractivity contribution < 1.29 is 19.4 Å². The highest BCUT2D eigenvalue weighted by Crippen LogP contribution is 2.31. The maximum atomic E-state index is 13.4. The molecule has 3 aromatic rings. The van der Waals surface area contributed by atoms with Crippen molar-refractivity contribution in [2.45, 2.75) is 33.7 Å². The maximum absolute atomic E-state index is 13.4. The lowest BCUT2D eigenvalue weighted by Gasteiger charge is -2.15. The van der Waals surface area contributed by atoms with E-state index in [-0.39, 0.29) is 11.8 Å². The van der Waals surface area contributed by atoms with Crippen LogP contribution in [0.3, 0.4) is 0 Å². The van der Waals surface area contributed by atoms with E-state index in [1.165, 1.54) is 0 Å². The van der Waals surface area contributed by atoms with Crippen molar-refractivity contribution in [1.29, 1.82) is 0 Å². The third-order valence-corrected chi connectivity index (χ3v) is 4.93. The van der Waals surface area contributed by atoms with Crippen LogP contribution in [0.1, 0.15) is 52.5 Å². The number of ketones is 1.